The molecule has 0 bridgehead atoms. The highest BCUT2D eigenvalue weighted by molar-refractivity contribution is 5.98. The van der Waals surface area contributed by atoms with Crippen LogP contribution in [0.25, 0.3) is 0 Å². The zero-order valence-corrected chi connectivity index (χ0v) is 16.2. The first-order valence-corrected chi connectivity index (χ1v) is 9.86. The number of primary amides is 1. The van der Waals surface area contributed by atoms with Crippen molar-refractivity contribution in [2.45, 2.75) is 38.1 Å². The molecule has 0 aromatic heterocycles. The Morgan fingerprint density at radius 1 is 0.897 bits per heavy atom. The zero-order valence-electron chi connectivity index (χ0n) is 16.2. The van der Waals surface area contributed by atoms with Gasteiger partial charge in [-0.15, -0.1) is 0 Å². The Morgan fingerprint density at radius 2 is 1.55 bits per heavy atom. The molecule has 1 aliphatic rings. The lowest BCUT2D eigenvalue weighted by Crippen LogP contribution is -2.36. The van der Waals surface area contributed by atoms with Gasteiger partial charge in [0, 0.05) is 28.5 Å². The van der Waals surface area contributed by atoms with E-state index in [0.29, 0.717) is 22.5 Å². The fraction of sp³-hybridized carbons (Fsp3) is 0.318. The molecular weight excluding hydrogens is 368 g/mol. The molecule has 7 heteroatoms. The van der Waals surface area contributed by atoms with E-state index in [2.05, 4.69) is 16.0 Å². The number of amides is 3. The molecule has 5 N–H and O–H groups in total. The minimum absolute atomic E-state index is 0.0146. The molecule has 1 fully saturated rings. The van der Waals surface area contributed by atoms with Gasteiger partial charge in [0.05, 0.1) is 6.54 Å². The van der Waals surface area contributed by atoms with Crippen LogP contribution in [-0.4, -0.2) is 30.3 Å². The maximum atomic E-state index is 12.5. The van der Waals surface area contributed by atoms with E-state index in [4.69, 9.17) is 5.73 Å². The molecule has 3 amide bonds. The van der Waals surface area contributed by atoms with Crippen LogP contribution in [0.1, 0.15) is 52.8 Å². The van der Waals surface area contributed by atoms with Crippen LogP contribution in [-0.2, 0) is 4.79 Å². The lowest BCUT2D eigenvalue weighted by atomic mass is 9.95. The van der Waals surface area contributed by atoms with E-state index in [1.807, 2.05) is 0 Å². The number of carbonyl (C=O) groups excluding carboxylic acids is 3. The number of rotatable bonds is 7. The lowest BCUT2D eigenvalue weighted by Gasteiger charge is -2.22. The maximum absolute atomic E-state index is 12.5. The summed E-state index contributed by atoms with van der Waals surface area (Å²) in [7, 11) is 0. The van der Waals surface area contributed by atoms with Gasteiger partial charge in [-0.1, -0.05) is 31.4 Å². The molecule has 0 spiro atoms. The maximum Gasteiger partial charge on any atom is 0.251 e. The molecule has 0 heterocycles. The van der Waals surface area contributed by atoms with Crippen molar-refractivity contribution in [3.05, 3.63) is 59.7 Å². The predicted octanol–water partition coefficient (Wildman–Crippen LogP) is 2.90. The molecule has 0 saturated heterocycles. The monoisotopic (exact) mass is 394 g/mol. The van der Waals surface area contributed by atoms with E-state index in [0.717, 1.165) is 25.7 Å². The second-order valence-electron chi connectivity index (χ2n) is 7.24. The summed E-state index contributed by atoms with van der Waals surface area (Å²) >= 11 is 0. The summed E-state index contributed by atoms with van der Waals surface area (Å²) in [4.78, 5) is 35.9. The Morgan fingerprint density at radius 3 is 2.28 bits per heavy atom. The van der Waals surface area contributed by atoms with Gasteiger partial charge >= 0.3 is 0 Å². The average molecular weight is 394 g/mol. The Hall–Kier alpha value is -3.35. The van der Waals surface area contributed by atoms with Crippen molar-refractivity contribution in [3.63, 3.8) is 0 Å². The third-order valence-corrected chi connectivity index (χ3v) is 4.95. The van der Waals surface area contributed by atoms with Gasteiger partial charge < -0.3 is 21.7 Å². The second kappa shape index (κ2) is 9.73. The smallest absolute Gasteiger partial charge is 0.251 e. The molecule has 0 aliphatic heterocycles. The summed E-state index contributed by atoms with van der Waals surface area (Å²) in [5, 5.41) is 8.80. The van der Waals surface area contributed by atoms with Gasteiger partial charge in [0.1, 0.15) is 0 Å². The van der Waals surface area contributed by atoms with Crippen molar-refractivity contribution >= 4 is 29.1 Å². The van der Waals surface area contributed by atoms with Gasteiger partial charge in [-0.05, 0) is 49.2 Å². The number of benzene rings is 2. The van der Waals surface area contributed by atoms with Crippen LogP contribution < -0.4 is 21.7 Å². The Balaban J connectivity index is 1.53. The lowest BCUT2D eigenvalue weighted by molar-refractivity contribution is -0.114. The third kappa shape index (κ3) is 6.07. The van der Waals surface area contributed by atoms with Gasteiger partial charge in [0.15, 0.2) is 0 Å². The predicted molar refractivity (Wildman–Crippen MR) is 113 cm³/mol. The summed E-state index contributed by atoms with van der Waals surface area (Å²) in [5.41, 5.74) is 7.33. The molecule has 1 saturated carbocycles. The zero-order chi connectivity index (χ0) is 20.6. The van der Waals surface area contributed by atoms with Gasteiger partial charge in [0.25, 0.3) is 5.91 Å². The molecule has 7 nitrogen and oxygen atoms in total. The standard InChI is InChI=1S/C22H26N4O3/c23-21(28)15-6-4-10-18(12-15)24-14-20(27)25-19-11-5-7-16(13-19)22(29)26-17-8-2-1-3-9-17/h4-7,10-13,17,24H,1-3,8-9,14H2,(H2,23,28)(H,25,27)(H,26,29). The Kier molecular flexibility index (Phi) is 6.84. The van der Waals surface area contributed by atoms with E-state index in [-0.39, 0.29) is 24.4 Å². The fourth-order valence-electron chi connectivity index (χ4n) is 3.42. The topological polar surface area (TPSA) is 113 Å². The molecule has 2 aromatic carbocycles. The first kappa shape index (κ1) is 20.4. The minimum atomic E-state index is -0.526. The Labute approximate surface area is 170 Å². The van der Waals surface area contributed by atoms with Crippen LogP contribution >= 0.6 is 0 Å². The van der Waals surface area contributed by atoms with Crippen molar-refractivity contribution in [1.82, 2.24) is 5.32 Å². The highest BCUT2D eigenvalue weighted by Crippen LogP contribution is 2.18. The van der Waals surface area contributed by atoms with Gasteiger partial charge in [-0.2, -0.15) is 0 Å². The highest BCUT2D eigenvalue weighted by Gasteiger charge is 2.17. The van der Waals surface area contributed by atoms with E-state index >= 15 is 0 Å². The Bertz CT molecular complexity index is 891. The summed E-state index contributed by atoms with van der Waals surface area (Å²) < 4.78 is 0. The highest BCUT2D eigenvalue weighted by atomic mass is 16.2. The number of anilines is 2. The quantitative estimate of drug-likeness (QED) is 0.578. The molecule has 0 unspecified atom stereocenters. The van der Waals surface area contributed by atoms with Gasteiger partial charge in [0.2, 0.25) is 11.8 Å². The fourth-order valence-corrected chi connectivity index (χ4v) is 3.42. The average Bonchev–Trinajstić information content (AvgIpc) is 2.73. The molecule has 152 valence electrons. The van der Waals surface area contributed by atoms with E-state index in [9.17, 15) is 14.4 Å². The van der Waals surface area contributed by atoms with Crippen LogP contribution in [0.4, 0.5) is 11.4 Å². The largest absolute Gasteiger partial charge is 0.376 e. The number of hydrogen-bond donors (Lipinski definition) is 4. The molecule has 0 atom stereocenters. The van der Waals surface area contributed by atoms with Crippen molar-refractivity contribution in [1.29, 1.82) is 0 Å². The minimum Gasteiger partial charge on any atom is -0.376 e. The second-order valence-corrected chi connectivity index (χ2v) is 7.24. The van der Waals surface area contributed by atoms with Crippen LogP contribution in [0.2, 0.25) is 0 Å². The molecule has 29 heavy (non-hydrogen) atoms. The number of carbonyl (C=O) groups is 3. The molecular formula is C22H26N4O3. The van der Waals surface area contributed by atoms with Crippen LogP contribution in [0.15, 0.2) is 48.5 Å². The van der Waals surface area contributed by atoms with Gasteiger partial charge in [-0.25, -0.2) is 0 Å². The van der Waals surface area contributed by atoms with Crippen molar-refractivity contribution in [3.8, 4) is 0 Å². The van der Waals surface area contributed by atoms with Crippen molar-refractivity contribution in [2.75, 3.05) is 17.2 Å². The molecule has 3 rings (SSSR count). The van der Waals surface area contributed by atoms with Crippen LogP contribution in [0.3, 0.4) is 0 Å². The summed E-state index contributed by atoms with van der Waals surface area (Å²) in [5.74, 6) is -0.907. The summed E-state index contributed by atoms with van der Waals surface area (Å²) in [6.45, 7) is 0.0146. The SMILES string of the molecule is NC(=O)c1cccc(NCC(=O)Nc2cccc(C(=O)NC3CCCCC3)c2)c1. The van der Waals surface area contributed by atoms with Crippen molar-refractivity contribution in [2.24, 2.45) is 5.73 Å². The van der Waals surface area contributed by atoms with Crippen molar-refractivity contribution < 1.29 is 14.4 Å². The first-order valence-electron chi connectivity index (χ1n) is 9.86. The van der Waals surface area contributed by atoms with Crippen LogP contribution in [0, 0.1) is 0 Å². The van der Waals surface area contributed by atoms with Crippen LogP contribution in [0.5, 0.6) is 0 Å². The molecule has 2 aromatic rings. The third-order valence-electron chi connectivity index (χ3n) is 4.95. The number of hydrogen-bond acceptors (Lipinski definition) is 4. The molecule has 1 aliphatic carbocycles. The van der Waals surface area contributed by atoms with E-state index in [1.54, 1.807) is 48.5 Å². The van der Waals surface area contributed by atoms with E-state index in [1.165, 1.54) is 6.42 Å². The van der Waals surface area contributed by atoms with Gasteiger partial charge in [-0.3, -0.25) is 14.4 Å². The van der Waals surface area contributed by atoms with E-state index < -0.39 is 5.91 Å². The number of nitrogens with two attached hydrogens (primary N) is 1. The summed E-state index contributed by atoms with van der Waals surface area (Å²) in [6.07, 6.45) is 5.57. The molecule has 0 radical (unpaired) electrons. The summed E-state index contributed by atoms with van der Waals surface area (Å²) in [6, 6.07) is 13.8. The number of nitrogens with one attached hydrogen (secondary N) is 3. The first-order chi connectivity index (χ1) is 14.0. The normalized spacial score (nSPS) is 14.1.